The molecule has 0 saturated heterocycles. The van der Waals surface area contributed by atoms with Gasteiger partial charge in [0.2, 0.25) is 0 Å². The largest absolute Gasteiger partial charge is 0.325 e. The molecule has 8 heteroatoms. The van der Waals surface area contributed by atoms with E-state index in [0.29, 0.717) is 17.6 Å². The van der Waals surface area contributed by atoms with Crippen LogP contribution in [0.25, 0.3) is 17.1 Å². The first kappa shape index (κ1) is 19.4. The van der Waals surface area contributed by atoms with E-state index in [1.807, 2.05) is 37.6 Å². The molecular formula is C23H24FN7. The van der Waals surface area contributed by atoms with Crippen LogP contribution in [0.3, 0.4) is 0 Å². The predicted octanol–water partition coefficient (Wildman–Crippen LogP) is 4.74. The normalized spacial score (nSPS) is 13.5. The maximum atomic E-state index is 13.4. The van der Waals surface area contributed by atoms with Crippen molar-refractivity contribution in [3.63, 3.8) is 0 Å². The van der Waals surface area contributed by atoms with Crippen molar-refractivity contribution in [1.29, 1.82) is 0 Å². The molecule has 0 spiro atoms. The average Bonchev–Trinajstić information content (AvgIpc) is 3.44. The summed E-state index contributed by atoms with van der Waals surface area (Å²) >= 11 is 0. The lowest BCUT2D eigenvalue weighted by molar-refractivity contribution is 0.571. The second kappa shape index (κ2) is 7.61. The second-order valence-corrected chi connectivity index (χ2v) is 8.18. The van der Waals surface area contributed by atoms with Gasteiger partial charge in [-0.1, -0.05) is 0 Å². The Kier molecular flexibility index (Phi) is 4.77. The lowest BCUT2D eigenvalue weighted by atomic mass is 10.1. The number of aryl methyl sites for hydroxylation is 2. The summed E-state index contributed by atoms with van der Waals surface area (Å²) in [6.07, 6.45) is 3.98. The number of hydrogen-bond acceptors (Lipinski definition) is 5. The SMILES string of the molecule is Cc1cc(C)n(-c2cc(Nc3c(C)c(-c4ccc(F)cc4)nn3CC3CC3)ncn2)n1. The van der Waals surface area contributed by atoms with Crippen LogP contribution in [-0.4, -0.2) is 29.5 Å². The maximum absolute atomic E-state index is 13.4. The highest BCUT2D eigenvalue weighted by Gasteiger charge is 2.25. The molecule has 5 rings (SSSR count). The first-order valence-corrected chi connectivity index (χ1v) is 10.4. The fourth-order valence-corrected chi connectivity index (χ4v) is 3.78. The molecular weight excluding hydrogens is 393 g/mol. The summed E-state index contributed by atoms with van der Waals surface area (Å²) < 4.78 is 17.2. The van der Waals surface area contributed by atoms with Crippen molar-refractivity contribution in [1.82, 2.24) is 29.5 Å². The van der Waals surface area contributed by atoms with Crippen LogP contribution in [0.1, 0.15) is 29.8 Å². The van der Waals surface area contributed by atoms with E-state index in [4.69, 9.17) is 5.10 Å². The van der Waals surface area contributed by atoms with Gasteiger partial charge in [0.15, 0.2) is 5.82 Å². The van der Waals surface area contributed by atoms with E-state index in [1.54, 1.807) is 16.8 Å². The van der Waals surface area contributed by atoms with Crippen LogP contribution in [0.15, 0.2) is 42.7 Å². The van der Waals surface area contributed by atoms with E-state index in [-0.39, 0.29) is 5.82 Å². The number of nitrogens with zero attached hydrogens (tertiary/aromatic N) is 6. The standard InChI is InChI=1S/C23H24FN7/c1-14-10-15(2)31(28-14)21-11-20(25-13-26-21)27-23-16(3)22(18-6-8-19(24)9-7-18)29-30(23)12-17-4-5-17/h6-11,13,17H,4-5,12H2,1-3H3,(H,25,26,27). The average molecular weight is 417 g/mol. The Morgan fingerprint density at radius 1 is 1.03 bits per heavy atom. The van der Waals surface area contributed by atoms with E-state index in [0.717, 1.165) is 40.6 Å². The molecule has 1 fully saturated rings. The molecule has 3 aromatic heterocycles. The van der Waals surface area contributed by atoms with Crippen molar-refractivity contribution < 1.29 is 4.39 Å². The van der Waals surface area contributed by atoms with Gasteiger partial charge in [-0.2, -0.15) is 10.2 Å². The van der Waals surface area contributed by atoms with Crippen LogP contribution in [0.4, 0.5) is 16.0 Å². The Labute approximate surface area is 180 Å². The van der Waals surface area contributed by atoms with E-state index in [1.165, 1.54) is 31.3 Å². The second-order valence-electron chi connectivity index (χ2n) is 8.18. The summed E-state index contributed by atoms with van der Waals surface area (Å²) in [5.41, 5.74) is 4.68. The molecule has 4 aromatic rings. The van der Waals surface area contributed by atoms with Gasteiger partial charge in [-0.15, -0.1) is 0 Å². The lowest BCUT2D eigenvalue weighted by Crippen LogP contribution is -2.09. The Morgan fingerprint density at radius 2 is 1.81 bits per heavy atom. The monoisotopic (exact) mass is 417 g/mol. The molecule has 1 aromatic carbocycles. The third-order valence-corrected chi connectivity index (χ3v) is 5.56. The topological polar surface area (TPSA) is 73.5 Å². The zero-order chi connectivity index (χ0) is 21.5. The summed E-state index contributed by atoms with van der Waals surface area (Å²) in [4.78, 5) is 8.79. The Morgan fingerprint density at radius 3 is 2.48 bits per heavy atom. The quantitative estimate of drug-likeness (QED) is 0.490. The fourth-order valence-electron chi connectivity index (χ4n) is 3.78. The van der Waals surface area contributed by atoms with E-state index in [9.17, 15) is 4.39 Å². The van der Waals surface area contributed by atoms with Crippen molar-refractivity contribution in [2.75, 3.05) is 5.32 Å². The highest BCUT2D eigenvalue weighted by molar-refractivity contribution is 5.71. The molecule has 1 N–H and O–H groups in total. The minimum Gasteiger partial charge on any atom is -0.325 e. The van der Waals surface area contributed by atoms with Gasteiger partial charge in [0, 0.05) is 29.4 Å². The van der Waals surface area contributed by atoms with Crippen LogP contribution in [0.2, 0.25) is 0 Å². The summed E-state index contributed by atoms with van der Waals surface area (Å²) in [5, 5.41) is 12.8. The zero-order valence-electron chi connectivity index (χ0n) is 17.8. The van der Waals surface area contributed by atoms with Crippen molar-refractivity contribution in [2.45, 2.75) is 40.2 Å². The van der Waals surface area contributed by atoms with Crippen LogP contribution in [0, 0.1) is 32.5 Å². The summed E-state index contributed by atoms with van der Waals surface area (Å²) in [5.74, 6) is 2.66. The van der Waals surface area contributed by atoms with Crippen LogP contribution >= 0.6 is 0 Å². The Hall–Kier alpha value is -3.55. The molecule has 1 aliphatic rings. The fraction of sp³-hybridized carbons (Fsp3) is 0.304. The number of halogens is 1. The molecule has 7 nitrogen and oxygen atoms in total. The summed E-state index contributed by atoms with van der Waals surface area (Å²) in [6.45, 7) is 6.83. The number of anilines is 2. The zero-order valence-corrected chi connectivity index (χ0v) is 17.8. The number of aromatic nitrogens is 6. The summed E-state index contributed by atoms with van der Waals surface area (Å²) in [7, 11) is 0. The number of nitrogens with one attached hydrogen (secondary N) is 1. The number of hydrogen-bond donors (Lipinski definition) is 1. The van der Waals surface area contributed by atoms with E-state index < -0.39 is 0 Å². The Bertz CT molecular complexity index is 1240. The molecule has 158 valence electrons. The molecule has 0 unspecified atom stereocenters. The van der Waals surface area contributed by atoms with Gasteiger partial charge in [-0.05, 0) is 69.9 Å². The molecule has 0 aliphatic heterocycles. The molecule has 3 heterocycles. The predicted molar refractivity (Wildman–Crippen MR) is 117 cm³/mol. The lowest BCUT2D eigenvalue weighted by Gasteiger charge is -2.11. The summed E-state index contributed by atoms with van der Waals surface area (Å²) in [6, 6.07) is 10.4. The highest BCUT2D eigenvalue weighted by atomic mass is 19.1. The number of benzene rings is 1. The van der Waals surface area contributed by atoms with E-state index in [2.05, 4.69) is 20.4 Å². The highest BCUT2D eigenvalue weighted by Crippen LogP contribution is 2.35. The van der Waals surface area contributed by atoms with Crippen molar-refractivity contribution in [3.8, 4) is 17.1 Å². The minimum atomic E-state index is -0.255. The van der Waals surface area contributed by atoms with Gasteiger partial charge in [0.25, 0.3) is 0 Å². The third-order valence-electron chi connectivity index (χ3n) is 5.56. The van der Waals surface area contributed by atoms with Crippen molar-refractivity contribution >= 4 is 11.6 Å². The smallest absolute Gasteiger partial charge is 0.159 e. The van der Waals surface area contributed by atoms with Gasteiger partial charge >= 0.3 is 0 Å². The molecule has 0 amide bonds. The minimum absolute atomic E-state index is 0.255. The first-order chi connectivity index (χ1) is 15.0. The van der Waals surface area contributed by atoms with Gasteiger partial charge in [0.05, 0.1) is 11.4 Å². The van der Waals surface area contributed by atoms with Gasteiger partial charge in [-0.25, -0.2) is 23.7 Å². The third kappa shape index (κ3) is 3.93. The van der Waals surface area contributed by atoms with Gasteiger partial charge in [0.1, 0.15) is 23.8 Å². The Balaban J connectivity index is 1.51. The molecule has 31 heavy (non-hydrogen) atoms. The van der Waals surface area contributed by atoms with Crippen LogP contribution in [0.5, 0.6) is 0 Å². The van der Waals surface area contributed by atoms with Crippen LogP contribution < -0.4 is 5.32 Å². The first-order valence-electron chi connectivity index (χ1n) is 10.4. The molecule has 1 saturated carbocycles. The molecule has 0 atom stereocenters. The molecule has 0 bridgehead atoms. The number of rotatable bonds is 6. The van der Waals surface area contributed by atoms with Crippen LogP contribution in [-0.2, 0) is 6.54 Å². The molecule has 1 aliphatic carbocycles. The van der Waals surface area contributed by atoms with Gasteiger partial charge < -0.3 is 5.32 Å². The van der Waals surface area contributed by atoms with Crippen molar-refractivity contribution in [3.05, 3.63) is 65.5 Å². The van der Waals surface area contributed by atoms with Crippen molar-refractivity contribution in [2.24, 2.45) is 5.92 Å². The molecule has 0 radical (unpaired) electrons. The maximum Gasteiger partial charge on any atom is 0.159 e. The van der Waals surface area contributed by atoms with E-state index >= 15 is 0 Å². The van der Waals surface area contributed by atoms with Gasteiger partial charge in [-0.3, -0.25) is 0 Å².